The number of carbonyl (C=O) groups is 3. The Balaban J connectivity index is -0.00000000276. The van der Waals surface area contributed by atoms with Crippen LogP contribution >= 0.6 is 0 Å². The van der Waals surface area contributed by atoms with E-state index in [-0.39, 0.29) is 156 Å². The topological polar surface area (TPSA) is 367 Å². The first-order chi connectivity index (χ1) is 5.20. The average Bonchev–Trinajstić information content (AvgIpc) is 1.54. The normalized spacial score (nSPS) is 2.88. The summed E-state index contributed by atoms with van der Waals surface area (Å²) in [6, 6.07) is 0. The maximum absolute atomic E-state index is 8.33. The maximum Gasteiger partial charge on any atom is 3.00 e. The Bertz CT molecular complexity index is 142. The molecular weight excluding hydrogens is 634 g/mol. The molecule has 0 fully saturated rings. The molecule has 0 aromatic rings. The molecule has 0 amide bonds. The zero-order valence-corrected chi connectivity index (χ0v) is 19.5. The van der Waals surface area contributed by atoms with E-state index in [1.165, 1.54) is 0 Å². The van der Waals surface area contributed by atoms with Crippen molar-refractivity contribution in [3.63, 3.8) is 0 Å². The van der Waals surface area contributed by atoms with Crippen LogP contribution in [0.1, 0.15) is 0 Å². The van der Waals surface area contributed by atoms with Crippen LogP contribution in [0.15, 0.2) is 0 Å². The van der Waals surface area contributed by atoms with Crippen molar-refractivity contribution in [3.05, 3.63) is 18.5 Å². The minimum Gasteiger partial charge on any atom is -3.00 e. The Morgan fingerprint density at radius 3 is 0.360 bits per heavy atom. The van der Waals surface area contributed by atoms with Gasteiger partial charge in [0.25, 0.3) is 0 Å². The van der Waals surface area contributed by atoms with Crippen LogP contribution in [0.25, 0.3) is 18.5 Å². The molecule has 141 valence electrons. The van der Waals surface area contributed by atoms with Crippen molar-refractivity contribution in [3.8, 4) is 0 Å². The Kier molecular flexibility index (Phi) is 894. The van der Waals surface area contributed by atoms with Crippen molar-refractivity contribution in [2.75, 3.05) is 0 Å². The van der Waals surface area contributed by atoms with Gasteiger partial charge in [-0.15, -0.1) is 0 Å². The fourth-order valence-corrected chi connectivity index (χ4v) is 0. The summed E-state index contributed by atoms with van der Waals surface area (Å²) in [7, 11) is 0. The molecule has 0 spiro atoms. The second kappa shape index (κ2) is 141. The van der Waals surface area contributed by atoms with Crippen molar-refractivity contribution in [1.82, 2.24) is 0 Å². The summed E-state index contributed by atoms with van der Waals surface area (Å²) in [5.74, 6) is 0. The average molecular weight is 634 g/mol. The van der Waals surface area contributed by atoms with E-state index in [1.54, 1.807) is 0 Å². The van der Waals surface area contributed by atoms with Crippen LogP contribution in [0.4, 0.5) is 14.4 Å². The van der Waals surface area contributed by atoms with Gasteiger partial charge in [-0.3, -0.25) is 0 Å². The molecule has 25 heavy (non-hydrogen) atoms. The zero-order valence-electron chi connectivity index (χ0n) is 10.6. The van der Waals surface area contributed by atoms with Gasteiger partial charge in [-0.2, -0.15) is 0 Å². The van der Waals surface area contributed by atoms with Gasteiger partial charge in [0, 0.05) is 0 Å². The number of carbonyl (C=O) groups excluding carboxylic acids is 3. The third-order valence-electron chi connectivity index (χ3n) is 0. The van der Waals surface area contributed by atoms with E-state index in [9.17, 15) is 0 Å². The molecule has 0 aromatic carbocycles. The van der Waals surface area contributed by atoms with Crippen LogP contribution in [0.3, 0.4) is 0 Å². The predicted octanol–water partition coefficient (Wildman–Crippen LogP) is -6.85. The zero-order chi connectivity index (χ0) is 10.7. The van der Waals surface area contributed by atoms with Gasteiger partial charge < -0.3 is 79.9 Å². The van der Waals surface area contributed by atoms with Crippen LogP contribution in [-0.4, -0.2) is 18.5 Å². The van der Waals surface area contributed by atoms with Gasteiger partial charge in [0.2, 0.25) is 0 Å². The Morgan fingerprint density at radius 1 is 0.360 bits per heavy atom. The van der Waals surface area contributed by atoms with Crippen LogP contribution in [0.5, 0.6) is 0 Å². The Morgan fingerprint density at radius 2 is 0.360 bits per heavy atom. The quantitative estimate of drug-likeness (QED) is 0.244. The summed E-state index contributed by atoms with van der Waals surface area (Å²) in [5, 5.41) is 50.0. The van der Waals surface area contributed by atoms with Crippen molar-refractivity contribution >= 4 is 18.5 Å². The van der Waals surface area contributed by atoms with E-state index in [4.69, 9.17) is 45.0 Å². The molecular formula is C3Cr7N3O12. The predicted molar refractivity (Wildman–Crippen MR) is 28.3 cm³/mol. The summed E-state index contributed by atoms with van der Waals surface area (Å²) in [6.07, 6.45) is -7.00. The first kappa shape index (κ1) is 159. The van der Waals surface area contributed by atoms with Crippen LogP contribution < -0.4 is 30.6 Å². The Hall–Kier alpha value is 1.30. The van der Waals surface area contributed by atoms with Gasteiger partial charge in [-0.25, -0.2) is 0 Å². The maximum atomic E-state index is 8.33. The van der Waals surface area contributed by atoms with Crippen molar-refractivity contribution in [1.29, 1.82) is 0 Å². The minimum absolute atomic E-state index is 0. The second-order valence-electron chi connectivity index (χ2n) is 0.750. The van der Waals surface area contributed by atoms with Gasteiger partial charge in [-0.1, -0.05) is 0 Å². The van der Waals surface area contributed by atoms with E-state index in [1.807, 2.05) is 0 Å². The molecule has 0 saturated carbocycles. The first-order valence-electron chi connectivity index (χ1n) is 1.84. The van der Waals surface area contributed by atoms with E-state index in [2.05, 4.69) is 0 Å². The molecule has 0 saturated heterocycles. The van der Waals surface area contributed by atoms with Gasteiger partial charge in [0.05, 0.1) is 0 Å². The third-order valence-corrected chi connectivity index (χ3v) is 0. The SMILES string of the molecule is O=C([O-])[O-].O=C([O-])[O-].O=C([O-])[O-].[Cr+3].[Cr+3].[Cr+3].[Cr+3].[Cr+3].[Cr+3].[Cr+3].[N-3].[N-3].[N-3].[O-2].[O-2].[O-2]. The third kappa shape index (κ3) is 8160. The fourth-order valence-electron chi connectivity index (χ4n) is 0. The standard InChI is InChI=1S/3CH2O3.7Cr.3N.3O/c3*2-1(3)4;;;;;;;;;;;;;/h3*(H2,2,3,4);;;;;;;;;;;;;/q;;;7*+3;3*-3;3*-2/p-6. The monoisotopic (exact) mass is 634 g/mol. The summed E-state index contributed by atoms with van der Waals surface area (Å²) in [6.45, 7) is 0. The summed E-state index contributed by atoms with van der Waals surface area (Å²) in [5.41, 5.74) is 0. The molecule has 0 aliphatic heterocycles. The molecule has 0 aliphatic rings. The fraction of sp³-hybridized carbons (Fsp3) is 0. The largest absolute Gasteiger partial charge is 3.00 e. The molecule has 7 radical (unpaired) electrons. The van der Waals surface area contributed by atoms with E-state index in [0.29, 0.717) is 0 Å². The number of hydrogen-bond acceptors (Lipinski definition) is 9. The molecule has 0 atom stereocenters. The summed E-state index contributed by atoms with van der Waals surface area (Å²) in [4.78, 5) is 25.0. The molecule has 15 nitrogen and oxygen atoms in total. The van der Waals surface area contributed by atoms with Gasteiger partial charge in [0.1, 0.15) is 0 Å². The molecule has 0 rings (SSSR count). The molecule has 0 N–H and O–H groups in total. The summed E-state index contributed by atoms with van der Waals surface area (Å²) < 4.78 is 0. The van der Waals surface area contributed by atoms with Crippen LogP contribution in [0.2, 0.25) is 0 Å². The number of rotatable bonds is 0. The number of hydrogen-bond donors (Lipinski definition) is 0. The molecule has 22 heteroatoms. The minimum atomic E-state index is -2.33. The molecule has 0 aromatic heterocycles. The molecule has 0 unspecified atom stereocenters. The molecule has 0 heterocycles. The first-order valence-corrected chi connectivity index (χ1v) is 1.84. The second-order valence-corrected chi connectivity index (χ2v) is 0.750. The molecule has 0 aliphatic carbocycles. The smallest absolute Gasteiger partial charge is 3.00 e. The van der Waals surface area contributed by atoms with Gasteiger partial charge in [0.15, 0.2) is 0 Å². The van der Waals surface area contributed by atoms with E-state index < -0.39 is 18.5 Å². The van der Waals surface area contributed by atoms with Crippen LogP contribution in [-0.2, 0) is 138 Å². The number of nitrogens with zero attached hydrogens (tertiary/aromatic N) is 3. The van der Waals surface area contributed by atoms with Crippen LogP contribution in [0, 0.1) is 0 Å². The van der Waals surface area contributed by atoms with E-state index in [0.717, 1.165) is 0 Å². The molecule has 0 bridgehead atoms. The van der Waals surface area contributed by atoms with E-state index >= 15 is 0 Å². The Labute approximate surface area is 218 Å². The van der Waals surface area contributed by atoms with Gasteiger partial charge in [-0.05, 0) is 18.5 Å². The number of carboxylic acid groups (broad SMARTS) is 6. The summed E-state index contributed by atoms with van der Waals surface area (Å²) >= 11 is 0. The van der Waals surface area contributed by atoms with Crippen molar-refractivity contribution < 1.29 is 183 Å². The van der Waals surface area contributed by atoms with Crippen molar-refractivity contribution in [2.45, 2.75) is 0 Å². The van der Waals surface area contributed by atoms with Gasteiger partial charge >= 0.3 is 122 Å². The van der Waals surface area contributed by atoms with Crippen molar-refractivity contribution in [2.24, 2.45) is 0 Å².